The molecule has 0 saturated carbocycles. The third-order valence-electron chi connectivity index (χ3n) is 1.75. The SMILES string of the molecule is COc1cc(S(C)(=O)=O)ccc1OS(=O)(=O)F. The summed E-state index contributed by atoms with van der Waals surface area (Å²) in [6.07, 6.45) is 0.966. The van der Waals surface area contributed by atoms with Crippen LogP contribution in [0, 0.1) is 0 Å². The minimum atomic E-state index is -5.19. The molecule has 0 aliphatic carbocycles. The van der Waals surface area contributed by atoms with Gasteiger partial charge in [-0.1, -0.05) is 3.89 Å². The summed E-state index contributed by atoms with van der Waals surface area (Å²) < 4.78 is 64.0. The quantitative estimate of drug-likeness (QED) is 0.756. The van der Waals surface area contributed by atoms with E-state index in [9.17, 15) is 20.7 Å². The number of halogens is 1. The number of methoxy groups -OCH3 is 1. The van der Waals surface area contributed by atoms with Gasteiger partial charge in [-0.3, -0.25) is 0 Å². The second-order valence-electron chi connectivity index (χ2n) is 3.06. The van der Waals surface area contributed by atoms with Crippen molar-refractivity contribution in [1.29, 1.82) is 0 Å². The first kappa shape index (κ1) is 13.7. The van der Waals surface area contributed by atoms with Crippen molar-refractivity contribution in [3.05, 3.63) is 18.2 Å². The molecule has 0 aliphatic heterocycles. The van der Waals surface area contributed by atoms with Gasteiger partial charge in [0.05, 0.1) is 12.0 Å². The molecular formula is C8H9FO6S2. The molecule has 0 amide bonds. The number of rotatable bonds is 4. The van der Waals surface area contributed by atoms with E-state index in [0.29, 0.717) is 0 Å². The molecule has 0 unspecified atom stereocenters. The molecule has 0 saturated heterocycles. The van der Waals surface area contributed by atoms with Gasteiger partial charge < -0.3 is 8.92 Å². The standard InChI is InChI=1S/C8H9FO6S2/c1-14-8-5-6(16(2,10)11)3-4-7(8)15-17(9,12)13/h3-5H,1-2H3. The fourth-order valence-electron chi connectivity index (χ4n) is 1.05. The highest BCUT2D eigenvalue weighted by atomic mass is 32.3. The molecule has 17 heavy (non-hydrogen) atoms. The largest absolute Gasteiger partial charge is 0.493 e. The van der Waals surface area contributed by atoms with E-state index >= 15 is 0 Å². The van der Waals surface area contributed by atoms with Crippen molar-refractivity contribution in [2.45, 2.75) is 4.90 Å². The van der Waals surface area contributed by atoms with Crippen LogP contribution in [-0.2, 0) is 20.3 Å². The fourth-order valence-corrected chi connectivity index (χ4v) is 2.04. The van der Waals surface area contributed by atoms with Gasteiger partial charge in [-0.25, -0.2) is 8.42 Å². The first-order valence-electron chi connectivity index (χ1n) is 4.15. The number of sulfone groups is 1. The van der Waals surface area contributed by atoms with Crippen LogP contribution in [0.25, 0.3) is 0 Å². The van der Waals surface area contributed by atoms with Crippen LogP contribution in [0.4, 0.5) is 3.89 Å². The Hall–Kier alpha value is -1.35. The molecule has 0 radical (unpaired) electrons. The second-order valence-corrected chi connectivity index (χ2v) is 6.03. The average Bonchev–Trinajstić information content (AvgIpc) is 2.14. The van der Waals surface area contributed by atoms with Gasteiger partial charge in [-0.2, -0.15) is 8.42 Å². The molecule has 96 valence electrons. The first-order valence-corrected chi connectivity index (χ1v) is 7.35. The molecule has 0 heterocycles. The Bertz CT molecular complexity index is 619. The van der Waals surface area contributed by atoms with Gasteiger partial charge >= 0.3 is 10.5 Å². The molecule has 0 atom stereocenters. The highest BCUT2D eigenvalue weighted by Gasteiger charge is 2.17. The molecule has 0 aliphatic rings. The fraction of sp³-hybridized carbons (Fsp3) is 0.250. The zero-order chi connectivity index (χ0) is 13.3. The smallest absolute Gasteiger partial charge is 0.488 e. The molecule has 0 spiro atoms. The molecule has 9 heteroatoms. The van der Waals surface area contributed by atoms with Crippen LogP contribution in [-0.4, -0.2) is 30.2 Å². The second kappa shape index (κ2) is 4.49. The van der Waals surface area contributed by atoms with Gasteiger partial charge in [0, 0.05) is 12.3 Å². The number of ether oxygens (including phenoxy) is 1. The highest BCUT2D eigenvalue weighted by molar-refractivity contribution is 7.90. The van der Waals surface area contributed by atoms with E-state index in [0.717, 1.165) is 24.5 Å². The van der Waals surface area contributed by atoms with Crippen molar-refractivity contribution in [3.8, 4) is 11.5 Å². The van der Waals surface area contributed by atoms with Crippen LogP contribution >= 0.6 is 0 Å². The summed E-state index contributed by atoms with van der Waals surface area (Å²) in [7, 11) is -7.50. The van der Waals surface area contributed by atoms with E-state index in [1.165, 1.54) is 7.11 Å². The van der Waals surface area contributed by atoms with E-state index in [-0.39, 0.29) is 10.6 Å². The van der Waals surface area contributed by atoms with E-state index in [2.05, 4.69) is 4.18 Å². The molecule has 6 nitrogen and oxygen atoms in total. The molecule has 0 aromatic heterocycles. The Balaban J connectivity index is 3.29. The van der Waals surface area contributed by atoms with Crippen molar-refractivity contribution in [3.63, 3.8) is 0 Å². The lowest BCUT2D eigenvalue weighted by molar-refractivity contribution is 0.380. The topological polar surface area (TPSA) is 86.7 Å². The molecule has 1 aromatic rings. The molecule has 0 bridgehead atoms. The van der Waals surface area contributed by atoms with Crippen molar-refractivity contribution in [1.82, 2.24) is 0 Å². The van der Waals surface area contributed by atoms with Gasteiger partial charge in [-0.15, -0.1) is 0 Å². The van der Waals surface area contributed by atoms with E-state index in [1.54, 1.807) is 0 Å². The third kappa shape index (κ3) is 3.86. The summed E-state index contributed by atoms with van der Waals surface area (Å²) in [5, 5.41) is 0. The molecule has 1 rings (SSSR count). The maximum absolute atomic E-state index is 12.3. The zero-order valence-corrected chi connectivity index (χ0v) is 10.5. The van der Waals surface area contributed by atoms with Crippen molar-refractivity contribution in [2.24, 2.45) is 0 Å². The lowest BCUT2D eigenvalue weighted by atomic mass is 10.3. The van der Waals surface area contributed by atoms with Gasteiger partial charge in [0.2, 0.25) is 0 Å². The minimum Gasteiger partial charge on any atom is -0.493 e. The Labute approximate surface area is 98.3 Å². The van der Waals surface area contributed by atoms with Gasteiger partial charge in [-0.05, 0) is 12.1 Å². The summed E-state index contributed by atoms with van der Waals surface area (Å²) in [6.45, 7) is 0. The van der Waals surface area contributed by atoms with Crippen LogP contribution in [0.3, 0.4) is 0 Å². The minimum absolute atomic E-state index is 0.0991. The Kier molecular flexibility index (Phi) is 3.62. The normalized spacial score (nSPS) is 12.2. The summed E-state index contributed by atoms with van der Waals surface area (Å²) >= 11 is 0. The van der Waals surface area contributed by atoms with Crippen LogP contribution in [0.1, 0.15) is 0 Å². The third-order valence-corrected chi connectivity index (χ3v) is 3.24. The van der Waals surface area contributed by atoms with E-state index in [1.807, 2.05) is 0 Å². The zero-order valence-electron chi connectivity index (χ0n) is 8.88. The van der Waals surface area contributed by atoms with Crippen molar-refractivity contribution >= 4 is 20.3 Å². The van der Waals surface area contributed by atoms with Crippen molar-refractivity contribution < 1.29 is 29.6 Å². The highest BCUT2D eigenvalue weighted by Crippen LogP contribution is 2.30. The lowest BCUT2D eigenvalue weighted by Gasteiger charge is -2.08. The number of hydrogen-bond donors (Lipinski definition) is 0. The number of benzene rings is 1. The Morgan fingerprint density at radius 3 is 2.12 bits per heavy atom. The first-order chi connectivity index (χ1) is 7.63. The molecular weight excluding hydrogens is 275 g/mol. The number of hydrogen-bond acceptors (Lipinski definition) is 6. The molecule has 0 N–H and O–H groups in total. The van der Waals surface area contributed by atoms with Gasteiger partial charge in [0.25, 0.3) is 0 Å². The monoisotopic (exact) mass is 284 g/mol. The maximum Gasteiger partial charge on any atom is 0.488 e. The van der Waals surface area contributed by atoms with Gasteiger partial charge in [0.1, 0.15) is 0 Å². The van der Waals surface area contributed by atoms with Crippen molar-refractivity contribution in [2.75, 3.05) is 13.4 Å². The summed E-state index contributed by atoms with van der Waals surface area (Å²) in [4.78, 5) is -0.0991. The average molecular weight is 284 g/mol. The van der Waals surface area contributed by atoms with Gasteiger partial charge in [0.15, 0.2) is 21.3 Å². The van der Waals surface area contributed by atoms with Crippen LogP contribution in [0.2, 0.25) is 0 Å². The summed E-state index contributed by atoms with van der Waals surface area (Å²) in [5.41, 5.74) is 0. The predicted molar refractivity (Wildman–Crippen MR) is 56.8 cm³/mol. The van der Waals surface area contributed by atoms with Crippen LogP contribution < -0.4 is 8.92 Å². The van der Waals surface area contributed by atoms with E-state index in [4.69, 9.17) is 4.74 Å². The van der Waals surface area contributed by atoms with Crippen LogP contribution in [0.5, 0.6) is 11.5 Å². The Morgan fingerprint density at radius 2 is 1.71 bits per heavy atom. The van der Waals surface area contributed by atoms with Crippen LogP contribution in [0.15, 0.2) is 23.1 Å². The predicted octanol–water partition coefficient (Wildman–Crippen LogP) is 0.692. The maximum atomic E-state index is 12.3. The summed E-state index contributed by atoms with van der Waals surface area (Å²) in [6, 6.07) is 3.11. The molecule has 1 aromatic carbocycles. The lowest BCUT2D eigenvalue weighted by Crippen LogP contribution is -2.04. The Morgan fingerprint density at radius 1 is 1.12 bits per heavy atom. The molecule has 0 fully saturated rings. The summed E-state index contributed by atoms with van der Waals surface area (Å²) in [5.74, 6) is -0.628. The van der Waals surface area contributed by atoms with E-state index < -0.39 is 26.1 Å².